The summed E-state index contributed by atoms with van der Waals surface area (Å²) < 4.78 is 16.5. The van der Waals surface area contributed by atoms with Gasteiger partial charge in [0.25, 0.3) is 17.7 Å². The molecule has 178 valence electrons. The number of nitrogens with one attached hydrogen (secondary N) is 1. The standard InChI is InChI=1S/C26H23N3O6/c1-3-34-23-14-17(15-27-29-25(31)18-8-4-5-9-19(18)26(29)32)12-13-22(23)35-16-24(30)28-20-10-6-7-11-21(20)33-2/h4-15H,3,16H2,1-2H3,(H,28,30). The molecule has 3 aromatic rings. The van der Waals surface area contributed by atoms with Gasteiger partial charge in [-0.3, -0.25) is 14.4 Å². The summed E-state index contributed by atoms with van der Waals surface area (Å²) in [6, 6.07) is 18.6. The number of anilines is 1. The molecule has 0 unspecified atom stereocenters. The number of benzene rings is 3. The highest BCUT2D eigenvalue weighted by Gasteiger charge is 2.35. The van der Waals surface area contributed by atoms with Crippen molar-refractivity contribution in [3.05, 3.63) is 83.4 Å². The summed E-state index contributed by atoms with van der Waals surface area (Å²) >= 11 is 0. The van der Waals surface area contributed by atoms with Crippen molar-refractivity contribution in [1.82, 2.24) is 5.01 Å². The highest BCUT2D eigenvalue weighted by molar-refractivity contribution is 6.21. The number of ether oxygens (including phenoxy) is 3. The molecular formula is C26H23N3O6. The summed E-state index contributed by atoms with van der Waals surface area (Å²) in [5.74, 6) is -0.0321. The van der Waals surface area contributed by atoms with Crippen molar-refractivity contribution in [3.63, 3.8) is 0 Å². The topological polar surface area (TPSA) is 107 Å². The average molecular weight is 473 g/mol. The number of rotatable bonds is 9. The molecule has 0 radical (unpaired) electrons. The number of fused-ring (bicyclic) bond motifs is 1. The molecule has 1 N–H and O–H groups in total. The van der Waals surface area contributed by atoms with Crippen LogP contribution in [0.25, 0.3) is 0 Å². The van der Waals surface area contributed by atoms with E-state index in [2.05, 4.69) is 10.4 Å². The molecule has 4 rings (SSSR count). The van der Waals surface area contributed by atoms with Crippen LogP contribution in [0.4, 0.5) is 5.69 Å². The molecule has 0 saturated heterocycles. The first-order valence-electron chi connectivity index (χ1n) is 10.9. The SMILES string of the molecule is CCOc1cc(C=NN2C(=O)c3ccccc3C2=O)ccc1OCC(=O)Nc1ccccc1OC. The largest absolute Gasteiger partial charge is 0.495 e. The van der Waals surface area contributed by atoms with Gasteiger partial charge in [0.2, 0.25) is 0 Å². The number of nitrogens with zero attached hydrogens (tertiary/aromatic N) is 2. The lowest BCUT2D eigenvalue weighted by Gasteiger charge is -2.13. The molecule has 9 nitrogen and oxygen atoms in total. The second-order valence-corrected chi connectivity index (χ2v) is 7.39. The molecular weight excluding hydrogens is 450 g/mol. The number of carbonyl (C=O) groups is 3. The lowest BCUT2D eigenvalue weighted by Crippen LogP contribution is -2.24. The molecule has 0 saturated carbocycles. The Morgan fingerprint density at radius 1 is 0.914 bits per heavy atom. The number of hydrazone groups is 1. The van der Waals surface area contributed by atoms with Gasteiger partial charge in [-0.2, -0.15) is 10.1 Å². The first-order valence-corrected chi connectivity index (χ1v) is 10.9. The average Bonchev–Trinajstić information content (AvgIpc) is 3.12. The van der Waals surface area contributed by atoms with E-state index >= 15 is 0 Å². The number of hydrogen-bond acceptors (Lipinski definition) is 7. The van der Waals surface area contributed by atoms with E-state index in [-0.39, 0.29) is 12.5 Å². The summed E-state index contributed by atoms with van der Waals surface area (Å²) in [4.78, 5) is 37.3. The molecule has 0 bridgehead atoms. The normalized spacial score (nSPS) is 12.6. The molecule has 3 aromatic carbocycles. The van der Waals surface area contributed by atoms with Crippen molar-refractivity contribution in [2.75, 3.05) is 25.6 Å². The number of para-hydroxylation sites is 2. The lowest BCUT2D eigenvalue weighted by atomic mass is 10.1. The maximum Gasteiger partial charge on any atom is 0.282 e. The lowest BCUT2D eigenvalue weighted by molar-refractivity contribution is -0.118. The third-order valence-corrected chi connectivity index (χ3v) is 5.10. The molecule has 0 atom stereocenters. The van der Waals surface area contributed by atoms with Gasteiger partial charge in [0, 0.05) is 0 Å². The van der Waals surface area contributed by atoms with Gasteiger partial charge in [-0.05, 0) is 55.0 Å². The van der Waals surface area contributed by atoms with E-state index in [1.165, 1.54) is 13.3 Å². The van der Waals surface area contributed by atoms with Gasteiger partial charge < -0.3 is 19.5 Å². The van der Waals surface area contributed by atoms with Crippen LogP contribution >= 0.6 is 0 Å². The van der Waals surface area contributed by atoms with E-state index in [9.17, 15) is 14.4 Å². The maximum absolute atomic E-state index is 12.5. The van der Waals surface area contributed by atoms with Gasteiger partial charge in [0.1, 0.15) is 5.75 Å². The van der Waals surface area contributed by atoms with Crippen LogP contribution in [0.15, 0.2) is 71.8 Å². The minimum Gasteiger partial charge on any atom is -0.495 e. The highest BCUT2D eigenvalue weighted by Crippen LogP contribution is 2.29. The fourth-order valence-corrected chi connectivity index (χ4v) is 3.48. The van der Waals surface area contributed by atoms with E-state index in [0.29, 0.717) is 46.2 Å². The first-order chi connectivity index (χ1) is 17.0. The predicted molar refractivity (Wildman–Crippen MR) is 129 cm³/mol. The molecule has 0 aromatic heterocycles. The fourth-order valence-electron chi connectivity index (χ4n) is 3.48. The van der Waals surface area contributed by atoms with E-state index < -0.39 is 11.8 Å². The Kier molecular flexibility index (Phi) is 7.06. The second-order valence-electron chi connectivity index (χ2n) is 7.39. The van der Waals surface area contributed by atoms with E-state index in [0.717, 1.165) is 5.01 Å². The number of methoxy groups -OCH3 is 1. The van der Waals surface area contributed by atoms with Crippen LogP contribution in [0.3, 0.4) is 0 Å². The van der Waals surface area contributed by atoms with Crippen molar-refractivity contribution < 1.29 is 28.6 Å². The number of amides is 3. The van der Waals surface area contributed by atoms with Gasteiger partial charge in [0.05, 0.1) is 36.7 Å². The van der Waals surface area contributed by atoms with Gasteiger partial charge >= 0.3 is 0 Å². The molecule has 0 aliphatic carbocycles. The third-order valence-electron chi connectivity index (χ3n) is 5.10. The Labute approximate surface area is 201 Å². The van der Waals surface area contributed by atoms with Crippen molar-refractivity contribution in [1.29, 1.82) is 0 Å². The zero-order valence-electron chi connectivity index (χ0n) is 19.2. The Morgan fingerprint density at radius 2 is 1.60 bits per heavy atom. The number of imide groups is 1. The second kappa shape index (κ2) is 10.5. The predicted octanol–water partition coefficient (Wildman–Crippen LogP) is 3.74. The molecule has 1 heterocycles. The summed E-state index contributed by atoms with van der Waals surface area (Å²) in [6.07, 6.45) is 1.39. The van der Waals surface area contributed by atoms with Crippen LogP contribution in [0.5, 0.6) is 17.2 Å². The summed E-state index contributed by atoms with van der Waals surface area (Å²) in [5.41, 5.74) is 1.75. The van der Waals surface area contributed by atoms with Crippen LogP contribution in [-0.2, 0) is 4.79 Å². The van der Waals surface area contributed by atoms with Crippen molar-refractivity contribution in [2.45, 2.75) is 6.92 Å². The molecule has 9 heteroatoms. The molecule has 1 aliphatic heterocycles. The minimum absolute atomic E-state index is 0.249. The van der Waals surface area contributed by atoms with Crippen molar-refractivity contribution in [2.24, 2.45) is 5.10 Å². The number of hydrogen-bond donors (Lipinski definition) is 1. The molecule has 0 spiro atoms. The van der Waals surface area contributed by atoms with Gasteiger partial charge in [-0.1, -0.05) is 24.3 Å². The summed E-state index contributed by atoms with van der Waals surface area (Å²) in [7, 11) is 1.52. The quantitative estimate of drug-likeness (QED) is 0.375. The zero-order valence-corrected chi connectivity index (χ0v) is 19.2. The first kappa shape index (κ1) is 23.5. The van der Waals surface area contributed by atoms with Crippen LogP contribution in [0, 0.1) is 0 Å². The molecule has 1 aliphatic rings. The van der Waals surface area contributed by atoms with E-state index in [4.69, 9.17) is 14.2 Å². The van der Waals surface area contributed by atoms with Gasteiger partial charge in [-0.25, -0.2) is 0 Å². The zero-order chi connectivity index (χ0) is 24.8. The smallest absolute Gasteiger partial charge is 0.282 e. The summed E-state index contributed by atoms with van der Waals surface area (Å²) in [5, 5.41) is 7.65. The van der Waals surface area contributed by atoms with Crippen molar-refractivity contribution >= 4 is 29.6 Å². The minimum atomic E-state index is -0.479. The van der Waals surface area contributed by atoms with Crippen LogP contribution in [0.1, 0.15) is 33.2 Å². The third kappa shape index (κ3) is 5.14. The maximum atomic E-state index is 12.5. The van der Waals surface area contributed by atoms with Crippen LogP contribution in [-0.4, -0.2) is 49.3 Å². The van der Waals surface area contributed by atoms with E-state index in [1.54, 1.807) is 66.7 Å². The van der Waals surface area contributed by atoms with Crippen LogP contribution < -0.4 is 19.5 Å². The molecule has 0 fully saturated rings. The Hall–Kier alpha value is -4.66. The molecule has 35 heavy (non-hydrogen) atoms. The highest BCUT2D eigenvalue weighted by atomic mass is 16.5. The monoisotopic (exact) mass is 473 g/mol. The Bertz CT molecular complexity index is 1270. The fraction of sp³-hybridized carbons (Fsp3) is 0.154. The van der Waals surface area contributed by atoms with Crippen molar-refractivity contribution in [3.8, 4) is 17.2 Å². The van der Waals surface area contributed by atoms with E-state index in [1.807, 2.05) is 6.92 Å². The number of carbonyl (C=O) groups excluding carboxylic acids is 3. The summed E-state index contributed by atoms with van der Waals surface area (Å²) in [6.45, 7) is 1.93. The Morgan fingerprint density at radius 3 is 2.29 bits per heavy atom. The van der Waals surface area contributed by atoms with Crippen LogP contribution in [0.2, 0.25) is 0 Å². The van der Waals surface area contributed by atoms with Gasteiger partial charge in [-0.15, -0.1) is 0 Å². The van der Waals surface area contributed by atoms with Gasteiger partial charge in [0.15, 0.2) is 18.1 Å². The Balaban J connectivity index is 1.44. The molecule has 3 amide bonds.